The molecule has 0 saturated heterocycles. The van der Waals surface area contributed by atoms with E-state index >= 15 is 0 Å². The molecule has 0 aromatic heterocycles. The molecule has 0 bridgehead atoms. The van der Waals surface area contributed by atoms with Gasteiger partial charge in [0, 0.05) is 43.8 Å². The van der Waals surface area contributed by atoms with Gasteiger partial charge in [-0.1, -0.05) is 157 Å². The highest BCUT2D eigenvalue weighted by Gasteiger charge is 2.50. The van der Waals surface area contributed by atoms with Crippen molar-refractivity contribution in [3.8, 4) is 11.1 Å². The van der Waals surface area contributed by atoms with Crippen LogP contribution in [0.15, 0.2) is 192 Å². The van der Waals surface area contributed by atoms with Gasteiger partial charge in [-0.3, -0.25) is 0 Å². The quantitative estimate of drug-likeness (QED) is 0.131. The van der Waals surface area contributed by atoms with E-state index in [-0.39, 0.29) is 13.4 Å². The number of rotatable bonds is 2. The fourth-order valence-electron chi connectivity index (χ4n) is 10.4. The van der Waals surface area contributed by atoms with E-state index in [1.165, 1.54) is 109 Å². The van der Waals surface area contributed by atoms with Gasteiger partial charge >= 0.3 is 0 Å². The molecule has 13 rings (SSSR count). The molecule has 0 atom stereocenters. The Kier molecular flexibility index (Phi) is 6.03. The number of fused-ring (bicyclic) bond motifs is 12. The van der Waals surface area contributed by atoms with Crippen LogP contribution in [-0.4, -0.2) is 13.4 Å². The van der Waals surface area contributed by atoms with Crippen LogP contribution in [0.4, 0.5) is 34.1 Å². The molecule has 4 aliphatic rings. The van der Waals surface area contributed by atoms with E-state index in [1.807, 2.05) is 11.8 Å². The predicted molar refractivity (Wildman–Crippen MR) is 236 cm³/mol. The molecule has 252 valence electrons. The van der Waals surface area contributed by atoms with Crippen molar-refractivity contribution in [3.63, 3.8) is 0 Å². The number of benzene rings is 9. The van der Waals surface area contributed by atoms with Gasteiger partial charge in [0.2, 0.25) is 6.71 Å². The van der Waals surface area contributed by atoms with Crippen LogP contribution < -0.4 is 42.6 Å². The van der Waals surface area contributed by atoms with Crippen LogP contribution in [-0.2, 0) is 0 Å². The van der Waals surface area contributed by atoms with Crippen molar-refractivity contribution in [1.82, 2.24) is 0 Å². The second-order valence-corrected chi connectivity index (χ2v) is 16.2. The van der Waals surface area contributed by atoms with Crippen molar-refractivity contribution in [3.05, 3.63) is 182 Å². The van der Waals surface area contributed by atoms with E-state index < -0.39 is 0 Å². The van der Waals surface area contributed by atoms with E-state index in [0.717, 1.165) is 0 Å². The standard InChI is InChI=1S/C50H30B2N2S/c1-3-17-33-31(15-1)29-32-16-2-4-18-34(32)47(33)35-19-5-10-24-40(35)53-41-25-11-6-20-36(41)51-37-21-7-12-26-42(37)54-43-27-13-8-22-38(43)52-39-23-9-14-28-45(39)55-46-30-44(53)48(51)50(54)49(46)52/h1-30H. The van der Waals surface area contributed by atoms with Gasteiger partial charge in [-0.05, 0) is 96.9 Å². The number of para-hydroxylation sites is 4. The molecular weight excluding hydrogens is 682 g/mol. The molecule has 55 heavy (non-hydrogen) atoms. The van der Waals surface area contributed by atoms with Gasteiger partial charge in [-0.2, -0.15) is 0 Å². The summed E-state index contributed by atoms with van der Waals surface area (Å²) in [5, 5.41) is 5.05. The van der Waals surface area contributed by atoms with Gasteiger partial charge in [0.15, 0.2) is 0 Å². The number of anilines is 6. The van der Waals surface area contributed by atoms with Gasteiger partial charge in [-0.25, -0.2) is 0 Å². The molecule has 0 radical (unpaired) electrons. The van der Waals surface area contributed by atoms with Crippen LogP contribution in [0.5, 0.6) is 0 Å². The first-order valence-corrected chi connectivity index (χ1v) is 20.0. The Morgan fingerprint density at radius 2 is 0.855 bits per heavy atom. The molecule has 0 aliphatic carbocycles. The first-order chi connectivity index (χ1) is 27.3. The summed E-state index contributed by atoms with van der Waals surface area (Å²) in [6.07, 6.45) is 0. The normalized spacial score (nSPS) is 14.0. The molecular formula is C50H30B2N2S. The minimum absolute atomic E-state index is 0.0915. The zero-order valence-corrected chi connectivity index (χ0v) is 30.6. The third kappa shape index (κ3) is 3.93. The summed E-state index contributed by atoms with van der Waals surface area (Å²) >= 11 is 1.94. The number of nitrogens with zero attached hydrogens (tertiary/aromatic N) is 2. The van der Waals surface area contributed by atoms with Crippen LogP contribution in [0.1, 0.15) is 0 Å². The molecule has 5 heteroatoms. The zero-order valence-electron chi connectivity index (χ0n) is 29.8. The summed E-state index contributed by atoms with van der Waals surface area (Å²) in [7, 11) is 0. The van der Waals surface area contributed by atoms with Crippen molar-refractivity contribution in [2.75, 3.05) is 9.80 Å². The van der Waals surface area contributed by atoms with Crippen molar-refractivity contribution >= 4 is 114 Å². The number of hydrogen-bond acceptors (Lipinski definition) is 3. The SMILES string of the molecule is c1ccc2c(c1)Sc1cc3c4c5c1B2c1ccccc1N5c1ccccc1B4c1ccccc1N3c1ccccc1-c1c2ccccc2cc2ccccc12. The second kappa shape index (κ2) is 11.1. The Morgan fingerprint density at radius 3 is 1.51 bits per heavy atom. The average molecular weight is 712 g/mol. The molecule has 0 amide bonds. The van der Waals surface area contributed by atoms with Crippen LogP contribution in [0, 0.1) is 0 Å². The summed E-state index contributed by atoms with van der Waals surface area (Å²) in [5.74, 6) is 0. The van der Waals surface area contributed by atoms with Crippen LogP contribution in [0.3, 0.4) is 0 Å². The smallest absolute Gasteiger partial charge is 0.252 e. The first-order valence-electron chi connectivity index (χ1n) is 19.2. The van der Waals surface area contributed by atoms with E-state index in [4.69, 9.17) is 0 Å². The second-order valence-electron chi connectivity index (χ2n) is 15.1. The molecule has 9 aromatic rings. The van der Waals surface area contributed by atoms with E-state index in [2.05, 4.69) is 192 Å². The Balaban J connectivity index is 1.17. The van der Waals surface area contributed by atoms with Gasteiger partial charge in [0.05, 0.1) is 5.69 Å². The third-order valence-electron chi connectivity index (χ3n) is 12.5. The lowest BCUT2D eigenvalue weighted by molar-refractivity contribution is 1.23. The van der Waals surface area contributed by atoms with Crippen LogP contribution >= 0.6 is 11.8 Å². The Bertz CT molecular complexity index is 3070. The molecule has 4 heterocycles. The van der Waals surface area contributed by atoms with Crippen molar-refractivity contribution in [2.24, 2.45) is 0 Å². The van der Waals surface area contributed by atoms with E-state index in [1.54, 1.807) is 0 Å². The summed E-state index contributed by atoms with van der Waals surface area (Å²) in [5.41, 5.74) is 18.4. The van der Waals surface area contributed by atoms with Crippen LogP contribution in [0.25, 0.3) is 32.7 Å². The molecule has 0 N–H and O–H groups in total. The van der Waals surface area contributed by atoms with Gasteiger partial charge < -0.3 is 9.80 Å². The maximum Gasteiger partial charge on any atom is 0.252 e. The van der Waals surface area contributed by atoms with Gasteiger partial charge in [-0.15, -0.1) is 0 Å². The fourth-order valence-corrected chi connectivity index (χ4v) is 11.6. The Labute approximate surface area is 324 Å². The third-order valence-corrected chi connectivity index (χ3v) is 13.6. The maximum absolute atomic E-state index is 2.61. The lowest BCUT2D eigenvalue weighted by Gasteiger charge is -2.49. The Hall–Kier alpha value is -6.42. The molecule has 2 nitrogen and oxygen atoms in total. The van der Waals surface area contributed by atoms with E-state index in [9.17, 15) is 0 Å². The summed E-state index contributed by atoms with van der Waals surface area (Å²) in [6.45, 7) is 0.250. The molecule has 0 unspecified atom stereocenters. The highest BCUT2D eigenvalue weighted by molar-refractivity contribution is 8.00. The minimum atomic E-state index is 0.0915. The molecule has 9 aromatic carbocycles. The van der Waals surface area contributed by atoms with Crippen molar-refractivity contribution in [2.45, 2.75) is 9.79 Å². The predicted octanol–water partition coefficient (Wildman–Crippen LogP) is 9.04. The highest BCUT2D eigenvalue weighted by Crippen LogP contribution is 2.50. The van der Waals surface area contributed by atoms with Crippen molar-refractivity contribution < 1.29 is 0 Å². The van der Waals surface area contributed by atoms with Crippen molar-refractivity contribution in [1.29, 1.82) is 0 Å². The van der Waals surface area contributed by atoms with E-state index in [0.29, 0.717) is 0 Å². The lowest BCUT2D eigenvalue weighted by Crippen LogP contribution is -2.68. The highest BCUT2D eigenvalue weighted by atomic mass is 32.2. The first kappa shape index (κ1) is 30.0. The molecule has 0 spiro atoms. The summed E-state index contributed by atoms with van der Waals surface area (Å²) in [4.78, 5) is 7.90. The fraction of sp³-hybridized carbons (Fsp3) is 0. The monoisotopic (exact) mass is 712 g/mol. The average Bonchev–Trinajstić information content (AvgIpc) is 3.25. The van der Waals surface area contributed by atoms with Crippen LogP contribution in [0.2, 0.25) is 0 Å². The topological polar surface area (TPSA) is 6.48 Å². The molecule has 0 fully saturated rings. The lowest BCUT2D eigenvalue weighted by atomic mass is 9.29. The summed E-state index contributed by atoms with van der Waals surface area (Å²) < 4.78 is 0. The minimum Gasteiger partial charge on any atom is -0.312 e. The maximum atomic E-state index is 2.61. The van der Waals surface area contributed by atoms with Gasteiger partial charge in [0.1, 0.15) is 0 Å². The molecule has 4 aliphatic heterocycles. The Morgan fingerprint density at radius 1 is 0.364 bits per heavy atom. The number of hydrogen-bond donors (Lipinski definition) is 0. The zero-order chi connectivity index (χ0) is 35.8. The van der Waals surface area contributed by atoms with Gasteiger partial charge in [0.25, 0.3) is 6.71 Å². The summed E-state index contributed by atoms with van der Waals surface area (Å²) in [6, 6.07) is 68.3. The largest absolute Gasteiger partial charge is 0.312 e. The molecule has 0 saturated carbocycles.